The number of aryl methyl sites for hydroxylation is 1. The van der Waals surface area contributed by atoms with E-state index in [1.807, 2.05) is 44.2 Å². The molecule has 0 heterocycles. The third-order valence-corrected chi connectivity index (χ3v) is 3.55. The van der Waals surface area contributed by atoms with E-state index in [1.54, 1.807) is 18.2 Å². The van der Waals surface area contributed by atoms with Gasteiger partial charge < -0.3 is 10.1 Å². The van der Waals surface area contributed by atoms with Crippen LogP contribution in [-0.2, 0) is 6.42 Å². The molecule has 0 fully saturated rings. The third-order valence-electron chi connectivity index (χ3n) is 3.34. The number of rotatable bonds is 5. The summed E-state index contributed by atoms with van der Waals surface area (Å²) >= 11 is 5.25. The Kier molecular flexibility index (Phi) is 6.32. The number of thiocarbonyl (C=S) groups is 1. The van der Waals surface area contributed by atoms with E-state index in [1.165, 1.54) is 0 Å². The molecule has 0 atom stereocenters. The maximum absolute atomic E-state index is 12.3. The Morgan fingerprint density at radius 3 is 2.62 bits per heavy atom. The van der Waals surface area contributed by atoms with Crippen LogP contribution in [0.5, 0.6) is 5.75 Å². The van der Waals surface area contributed by atoms with Gasteiger partial charge in [0.2, 0.25) is 0 Å². The van der Waals surface area contributed by atoms with Gasteiger partial charge in [-0.2, -0.15) is 0 Å². The maximum atomic E-state index is 12.3. The predicted octanol–water partition coefficient (Wildman–Crippen LogP) is 4.16. The van der Waals surface area contributed by atoms with Gasteiger partial charge in [0, 0.05) is 11.3 Å². The van der Waals surface area contributed by atoms with Gasteiger partial charge in [-0.15, -0.1) is 0 Å². The molecule has 0 aliphatic rings. The van der Waals surface area contributed by atoms with Crippen molar-refractivity contribution in [2.75, 3.05) is 5.32 Å². The van der Waals surface area contributed by atoms with Crippen LogP contribution >= 0.6 is 12.2 Å². The SMILES string of the molecule is CCc1ccccc1NC(=S)NC(=O)c1cccc(OC(C)C)c1. The van der Waals surface area contributed by atoms with E-state index in [9.17, 15) is 4.79 Å². The Bertz CT molecular complexity index is 729. The number of hydrogen-bond acceptors (Lipinski definition) is 3. The molecule has 2 rings (SSSR count). The Labute approximate surface area is 148 Å². The monoisotopic (exact) mass is 342 g/mol. The van der Waals surface area contributed by atoms with Gasteiger partial charge in [-0.25, -0.2) is 0 Å². The van der Waals surface area contributed by atoms with Crippen LogP contribution in [0.25, 0.3) is 0 Å². The summed E-state index contributed by atoms with van der Waals surface area (Å²) in [5.41, 5.74) is 2.55. The van der Waals surface area contributed by atoms with Crippen molar-refractivity contribution in [1.29, 1.82) is 0 Å². The van der Waals surface area contributed by atoms with Gasteiger partial charge in [0.15, 0.2) is 5.11 Å². The van der Waals surface area contributed by atoms with E-state index in [0.717, 1.165) is 17.7 Å². The molecule has 0 radical (unpaired) electrons. The third kappa shape index (κ3) is 5.06. The van der Waals surface area contributed by atoms with Crippen LogP contribution in [0.1, 0.15) is 36.7 Å². The molecule has 126 valence electrons. The number of ether oxygens (including phenoxy) is 1. The van der Waals surface area contributed by atoms with Crippen molar-refractivity contribution in [2.24, 2.45) is 0 Å². The van der Waals surface area contributed by atoms with Crippen LogP contribution in [0.3, 0.4) is 0 Å². The average molecular weight is 342 g/mol. The summed E-state index contributed by atoms with van der Waals surface area (Å²) < 4.78 is 5.61. The quantitative estimate of drug-likeness (QED) is 0.801. The number of carbonyl (C=O) groups is 1. The zero-order valence-corrected chi connectivity index (χ0v) is 14.9. The lowest BCUT2D eigenvalue weighted by Gasteiger charge is -2.13. The second-order valence-electron chi connectivity index (χ2n) is 5.61. The molecule has 0 bridgehead atoms. The molecule has 0 unspecified atom stereocenters. The van der Waals surface area contributed by atoms with Crippen molar-refractivity contribution in [1.82, 2.24) is 5.32 Å². The molecule has 0 aliphatic heterocycles. The van der Waals surface area contributed by atoms with Gasteiger partial charge in [-0.05, 0) is 62.3 Å². The summed E-state index contributed by atoms with van der Waals surface area (Å²) in [6.45, 7) is 5.95. The van der Waals surface area contributed by atoms with Gasteiger partial charge in [0.1, 0.15) is 5.75 Å². The van der Waals surface area contributed by atoms with Crippen molar-refractivity contribution in [2.45, 2.75) is 33.3 Å². The molecule has 2 aromatic rings. The summed E-state index contributed by atoms with van der Waals surface area (Å²) in [6, 6.07) is 14.9. The minimum atomic E-state index is -0.268. The number of para-hydroxylation sites is 1. The molecular formula is C19H22N2O2S. The molecule has 1 amide bonds. The first kappa shape index (κ1) is 17.9. The van der Waals surface area contributed by atoms with Crippen LogP contribution < -0.4 is 15.4 Å². The molecule has 2 N–H and O–H groups in total. The Hall–Kier alpha value is -2.40. The molecule has 0 aromatic heterocycles. The highest BCUT2D eigenvalue weighted by Crippen LogP contribution is 2.16. The molecule has 0 aliphatic carbocycles. The van der Waals surface area contributed by atoms with Gasteiger partial charge in [-0.3, -0.25) is 10.1 Å². The highest BCUT2D eigenvalue weighted by atomic mass is 32.1. The number of nitrogens with one attached hydrogen (secondary N) is 2. The lowest BCUT2D eigenvalue weighted by atomic mass is 10.1. The molecule has 0 saturated heterocycles. The van der Waals surface area contributed by atoms with E-state index in [-0.39, 0.29) is 17.1 Å². The Morgan fingerprint density at radius 1 is 1.17 bits per heavy atom. The second kappa shape index (κ2) is 8.45. The maximum Gasteiger partial charge on any atom is 0.257 e. The van der Waals surface area contributed by atoms with Crippen molar-refractivity contribution < 1.29 is 9.53 Å². The highest BCUT2D eigenvalue weighted by Gasteiger charge is 2.10. The Balaban J connectivity index is 2.02. The van der Waals surface area contributed by atoms with Crippen molar-refractivity contribution in [3.05, 3.63) is 59.7 Å². The van der Waals surface area contributed by atoms with Crippen LogP contribution in [0.4, 0.5) is 5.69 Å². The summed E-state index contributed by atoms with van der Waals surface area (Å²) in [6.07, 6.45) is 0.936. The minimum absolute atomic E-state index is 0.0524. The lowest BCUT2D eigenvalue weighted by molar-refractivity contribution is 0.0977. The van der Waals surface area contributed by atoms with Gasteiger partial charge in [-0.1, -0.05) is 31.2 Å². The number of hydrogen-bond donors (Lipinski definition) is 2. The first-order valence-electron chi connectivity index (χ1n) is 7.96. The Morgan fingerprint density at radius 2 is 1.92 bits per heavy atom. The van der Waals surface area contributed by atoms with E-state index < -0.39 is 0 Å². The average Bonchev–Trinajstić information content (AvgIpc) is 2.55. The topological polar surface area (TPSA) is 50.4 Å². The minimum Gasteiger partial charge on any atom is -0.491 e. The fourth-order valence-electron chi connectivity index (χ4n) is 2.26. The predicted molar refractivity (Wildman–Crippen MR) is 102 cm³/mol. The van der Waals surface area contributed by atoms with E-state index in [2.05, 4.69) is 17.6 Å². The van der Waals surface area contributed by atoms with Crippen LogP contribution in [0, 0.1) is 0 Å². The van der Waals surface area contributed by atoms with Gasteiger partial charge in [0.25, 0.3) is 5.91 Å². The molecule has 2 aromatic carbocycles. The first-order valence-corrected chi connectivity index (χ1v) is 8.37. The van der Waals surface area contributed by atoms with Crippen molar-refractivity contribution in [3.8, 4) is 5.75 Å². The lowest BCUT2D eigenvalue weighted by Crippen LogP contribution is -2.34. The fraction of sp³-hybridized carbons (Fsp3) is 0.263. The fourth-order valence-corrected chi connectivity index (χ4v) is 2.46. The van der Waals surface area contributed by atoms with Crippen LogP contribution in [0.2, 0.25) is 0 Å². The first-order chi connectivity index (χ1) is 11.5. The second-order valence-corrected chi connectivity index (χ2v) is 6.02. The molecular weight excluding hydrogens is 320 g/mol. The molecule has 24 heavy (non-hydrogen) atoms. The van der Waals surface area contributed by atoms with E-state index >= 15 is 0 Å². The van der Waals surface area contributed by atoms with Crippen molar-refractivity contribution >= 4 is 28.9 Å². The summed E-state index contributed by atoms with van der Waals surface area (Å²) in [4.78, 5) is 12.3. The van der Waals surface area contributed by atoms with Gasteiger partial charge >= 0.3 is 0 Å². The smallest absolute Gasteiger partial charge is 0.257 e. The number of carbonyl (C=O) groups excluding carboxylic acids is 1. The molecule has 0 saturated carbocycles. The van der Waals surface area contributed by atoms with Gasteiger partial charge in [0.05, 0.1) is 6.10 Å². The standard InChI is InChI=1S/C19H22N2O2S/c1-4-14-8-5-6-11-17(14)20-19(24)21-18(22)15-9-7-10-16(12-15)23-13(2)3/h5-13H,4H2,1-3H3,(H2,20,21,22,24). The van der Waals surface area contributed by atoms with E-state index in [4.69, 9.17) is 17.0 Å². The van der Waals surface area contributed by atoms with Crippen LogP contribution in [-0.4, -0.2) is 17.1 Å². The van der Waals surface area contributed by atoms with Crippen molar-refractivity contribution in [3.63, 3.8) is 0 Å². The summed E-state index contributed by atoms with van der Waals surface area (Å²) in [5.74, 6) is 0.392. The molecule has 0 spiro atoms. The normalized spacial score (nSPS) is 10.3. The number of amides is 1. The number of benzene rings is 2. The highest BCUT2D eigenvalue weighted by molar-refractivity contribution is 7.80. The summed E-state index contributed by atoms with van der Waals surface area (Å²) in [5, 5.41) is 6.05. The summed E-state index contributed by atoms with van der Waals surface area (Å²) in [7, 11) is 0. The zero-order valence-electron chi connectivity index (χ0n) is 14.1. The zero-order chi connectivity index (χ0) is 17.5. The van der Waals surface area contributed by atoms with E-state index in [0.29, 0.717) is 11.3 Å². The molecule has 4 nitrogen and oxygen atoms in total. The van der Waals surface area contributed by atoms with Crippen LogP contribution in [0.15, 0.2) is 48.5 Å². The largest absolute Gasteiger partial charge is 0.491 e. The number of anilines is 1. The molecule has 5 heteroatoms.